The first-order valence-electron chi connectivity index (χ1n) is 11.2. The normalized spacial score (nSPS) is 11.5. The fourth-order valence-electron chi connectivity index (χ4n) is 3.53. The molecular weight excluding hydrogens is 471 g/mol. The van der Waals surface area contributed by atoms with Crippen LogP contribution < -0.4 is 10.1 Å². The van der Waals surface area contributed by atoms with E-state index in [1.807, 2.05) is 6.07 Å². The van der Waals surface area contributed by atoms with Gasteiger partial charge < -0.3 is 19.7 Å². The average Bonchev–Trinajstić information content (AvgIpc) is 2.87. The molecule has 0 aliphatic heterocycles. The van der Waals surface area contributed by atoms with E-state index in [0.717, 1.165) is 0 Å². The molecule has 0 radical (unpaired) electrons. The number of methoxy groups -OCH3 is 1. The van der Waals surface area contributed by atoms with E-state index in [4.69, 9.17) is 21.1 Å². The summed E-state index contributed by atoms with van der Waals surface area (Å²) in [4.78, 5) is 28.3. The predicted octanol–water partition coefficient (Wildman–Crippen LogP) is 4.78. The van der Waals surface area contributed by atoms with E-state index in [9.17, 15) is 14.0 Å². The smallest absolute Gasteiger partial charge is 0.261 e. The molecule has 2 amide bonds. The van der Waals surface area contributed by atoms with Crippen LogP contribution >= 0.6 is 11.6 Å². The van der Waals surface area contributed by atoms with Crippen molar-refractivity contribution in [2.45, 2.75) is 19.0 Å². The second-order valence-electron chi connectivity index (χ2n) is 7.82. The molecule has 0 aromatic heterocycles. The number of carbonyl (C=O) groups is 2. The minimum absolute atomic E-state index is 0.0794. The zero-order chi connectivity index (χ0) is 25.0. The van der Waals surface area contributed by atoms with Gasteiger partial charge in [-0.15, -0.1) is 0 Å². The van der Waals surface area contributed by atoms with Gasteiger partial charge in [-0.2, -0.15) is 0 Å². The molecule has 1 atom stereocenters. The van der Waals surface area contributed by atoms with Crippen LogP contribution in [-0.4, -0.2) is 43.6 Å². The first-order chi connectivity index (χ1) is 17.0. The molecule has 0 saturated heterocycles. The van der Waals surface area contributed by atoms with E-state index in [1.165, 1.54) is 17.0 Å². The molecule has 35 heavy (non-hydrogen) atoms. The topological polar surface area (TPSA) is 67.9 Å². The summed E-state index contributed by atoms with van der Waals surface area (Å²) in [5, 5.41) is 3.27. The third-order valence-electron chi connectivity index (χ3n) is 5.27. The van der Waals surface area contributed by atoms with Gasteiger partial charge in [0.25, 0.3) is 5.91 Å². The van der Waals surface area contributed by atoms with E-state index < -0.39 is 11.9 Å². The molecule has 0 fully saturated rings. The first-order valence-corrected chi connectivity index (χ1v) is 11.6. The summed E-state index contributed by atoms with van der Waals surface area (Å²) in [5.74, 6) is -0.774. The highest BCUT2D eigenvalue weighted by atomic mass is 35.5. The van der Waals surface area contributed by atoms with Crippen molar-refractivity contribution in [3.63, 3.8) is 0 Å². The van der Waals surface area contributed by atoms with Gasteiger partial charge in [-0.3, -0.25) is 9.59 Å². The Morgan fingerprint density at radius 2 is 1.69 bits per heavy atom. The van der Waals surface area contributed by atoms with Crippen LogP contribution in [0.5, 0.6) is 5.75 Å². The molecule has 0 saturated carbocycles. The molecule has 1 N–H and O–H groups in total. The highest BCUT2D eigenvalue weighted by Gasteiger charge is 2.31. The zero-order valence-electron chi connectivity index (χ0n) is 19.5. The van der Waals surface area contributed by atoms with Gasteiger partial charge in [0, 0.05) is 26.8 Å². The van der Waals surface area contributed by atoms with Gasteiger partial charge >= 0.3 is 0 Å². The predicted molar refractivity (Wildman–Crippen MR) is 133 cm³/mol. The Balaban J connectivity index is 1.90. The molecule has 0 unspecified atom stereocenters. The van der Waals surface area contributed by atoms with Crippen LogP contribution in [-0.2, 0) is 20.9 Å². The molecule has 3 rings (SSSR count). The molecule has 0 heterocycles. The molecule has 0 bridgehead atoms. The van der Waals surface area contributed by atoms with Crippen molar-refractivity contribution in [3.8, 4) is 5.75 Å². The lowest BCUT2D eigenvalue weighted by molar-refractivity contribution is -0.143. The molecule has 0 spiro atoms. The number of nitrogens with one attached hydrogen (secondary N) is 1. The lowest BCUT2D eigenvalue weighted by Gasteiger charge is -2.31. The standard InChI is InChI=1S/C27H28ClFN2O4/c1-34-17-7-16-30-27(33)26(21-8-3-2-4-9-21)31(18-20-12-14-22(29)15-13-20)25(32)19-35-24-11-6-5-10-23(24)28/h2-6,8-15,26H,7,16-19H2,1H3,(H,30,33)/t26-/m0/s1. The fraction of sp³-hybridized carbons (Fsp3) is 0.259. The summed E-state index contributed by atoms with van der Waals surface area (Å²) in [7, 11) is 1.59. The van der Waals surface area contributed by atoms with Gasteiger partial charge in [0.15, 0.2) is 6.61 Å². The number of rotatable bonds is 12. The van der Waals surface area contributed by atoms with Crippen molar-refractivity contribution >= 4 is 23.4 Å². The van der Waals surface area contributed by atoms with E-state index in [1.54, 1.807) is 67.8 Å². The fourth-order valence-corrected chi connectivity index (χ4v) is 3.72. The Morgan fingerprint density at radius 1 is 1.00 bits per heavy atom. The quantitative estimate of drug-likeness (QED) is 0.365. The van der Waals surface area contributed by atoms with Crippen LogP contribution in [0.25, 0.3) is 0 Å². The third-order valence-corrected chi connectivity index (χ3v) is 5.59. The van der Waals surface area contributed by atoms with Crippen LogP contribution in [0.4, 0.5) is 4.39 Å². The van der Waals surface area contributed by atoms with E-state index in [0.29, 0.717) is 41.5 Å². The minimum Gasteiger partial charge on any atom is -0.482 e. The minimum atomic E-state index is -0.925. The molecule has 8 heteroatoms. The number of amides is 2. The van der Waals surface area contributed by atoms with Crippen LogP contribution in [0.3, 0.4) is 0 Å². The van der Waals surface area contributed by atoms with E-state index in [-0.39, 0.29) is 24.9 Å². The molecular formula is C27H28ClFN2O4. The van der Waals surface area contributed by atoms with Gasteiger partial charge in [0.1, 0.15) is 17.6 Å². The number of para-hydroxylation sites is 1. The van der Waals surface area contributed by atoms with Crippen molar-refractivity contribution in [3.05, 3.63) is 101 Å². The van der Waals surface area contributed by atoms with Crippen LogP contribution in [0.1, 0.15) is 23.6 Å². The second kappa shape index (κ2) is 13.5. The molecule has 184 valence electrons. The molecule has 0 aliphatic carbocycles. The van der Waals surface area contributed by atoms with Crippen molar-refractivity contribution < 1.29 is 23.5 Å². The lowest BCUT2D eigenvalue weighted by atomic mass is 10.0. The van der Waals surface area contributed by atoms with Gasteiger partial charge in [0.2, 0.25) is 5.91 Å². The zero-order valence-corrected chi connectivity index (χ0v) is 20.2. The molecule has 3 aromatic carbocycles. The SMILES string of the molecule is COCCCNC(=O)[C@H](c1ccccc1)N(Cc1ccc(F)cc1)C(=O)COc1ccccc1Cl. The maximum atomic E-state index is 13.5. The number of ether oxygens (including phenoxy) is 2. The summed E-state index contributed by atoms with van der Waals surface area (Å²) < 4.78 is 24.2. The Hall–Kier alpha value is -3.42. The van der Waals surface area contributed by atoms with E-state index in [2.05, 4.69) is 5.32 Å². The Bertz CT molecular complexity index is 1100. The van der Waals surface area contributed by atoms with Gasteiger partial charge in [-0.1, -0.05) is 66.2 Å². The monoisotopic (exact) mass is 498 g/mol. The average molecular weight is 499 g/mol. The Labute approximate surface area is 209 Å². The molecule has 0 aliphatic rings. The number of hydrogen-bond donors (Lipinski definition) is 1. The largest absolute Gasteiger partial charge is 0.482 e. The number of nitrogens with zero attached hydrogens (tertiary/aromatic N) is 1. The van der Waals surface area contributed by atoms with Gasteiger partial charge in [-0.25, -0.2) is 4.39 Å². The summed E-state index contributed by atoms with van der Waals surface area (Å²) in [5.41, 5.74) is 1.32. The maximum Gasteiger partial charge on any atom is 0.261 e. The Kier molecular flexibility index (Phi) is 10.1. The highest BCUT2D eigenvalue weighted by Crippen LogP contribution is 2.26. The Morgan fingerprint density at radius 3 is 2.37 bits per heavy atom. The van der Waals surface area contributed by atoms with Crippen molar-refractivity contribution in [1.29, 1.82) is 0 Å². The summed E-state index contributed by atoms with van der Waals surface area (Å²) in [6.45, 7) is 0.645. The number of carbonyl (C=O) groups excluding carboxylic acids is 2. The van der Waals surface area contributed by atoms with Crippen LogP contribution in [0, 0.1) is 5.82 Å². The number of halogens is 2. The van der Waals surface area contributed by atoms with E-state index >= 15 is 0 Å². The summed E-state index contributed by atoms with van der Waals surface area (Å²) >= 11 is 6.16. The van der Waals surface area contributed by atoms with Crippen molar-refractivity contribution in [1.82, 2.24) is 10.2 Å². The molecule has 6 nitrogen and oxygen atoms in total. The lowest BCUT2D eigenvalue weighted by Crippen LogP contribution is -2.45. The third kappa shape index (κ3) is 7.80. The van der Waals surface area contributed by atoms with Crippen molar-refractivity contribution in [2.75, 3.05) is 26.9 Å². The second-order valence-corrected chi connectivity index (χ2v) is 8.23. The summed E-state index contributed by atoms with van der Waals surface area (Å²) in [6.07, 6.45) is 0.630. The first kappa shape index (κ1) is 26.2. The maximum absolute atomic E-state index is 13.5. The van der Waals surface area contributed by atoms with Gasteiger partial charge in [0.05, 0.1) is 5.02 Å². The van der Waals surface area contributed by atoms with Gasteiger partial charge in [-0.05, 0) is 41.8 Å². The van der Waals surface area contributed by atoms with Crippen LogP contribution in [0.2, 0.25) is 5.02 Å². The number of hydrogen-bond acceptors (Lipinski definition) is 4. The molecule has 3 aromatic rings. The highest BCUT2D eigenvalue weighted by molar-refractivity contribution is 6.32. The van der Waals surface area contributed by atoms with Crippen molar-refractivity contribution in [2.24, 2.45) is 0 Å². The van der Waals surface area contributed by atoms with Crippen LogP contribution in [0.15, 0.2) is 78.9 Å². The number of benzene rings is 3. The summed E-state index contributed by atoms with van der Waals surface area (Å²) in [6, 6.07) is 20.8.